The molecule has 6 nitrogen and oxygen atoms in total. The van der Waals surface area contributed by atoms with Gasteiger partial charge in [-0.2, -0.15) is 0 Å². The van der Waals surface area contributed by atoms with Gasteiger partial charge in [0.2, 0.25) is 0 Å². The Morgan fingerprint density at radius 3 is 2.61 bits per heavy atom. The number of hydrogen-bond donors (Lipinski definition) is 2. The van der Waals surface area contributed by atoms with Crippen molar-refractivity contribution in [3.8, 4) is 0 Å². The molecule has 1 aromatic carbocycles. The second-order valence-electron chi connectivity index (χ2n) is 7.96. The monoisotopic (exact) mass is 472 g/mol. The summed E-state index contributed by atoms with van der Waals surface area (Å²) in [5.74, 6) is -1.95. The van der Waals surface area contributed by atoms with Crippen LogP contribution in [0.25, 0.3) is 0 Å². The van der Waals surface area contributed by atoms with E-state index in [2.05, 4.69) is 0 Å². The zero-order valence-electron chi connectivity index (χ0n) is 17.2. The van der Waals surface area contributed by atoms with E-state index in [0.717, 1.165) is 24.0 Å². The SMILES string of the molecule is CCOC(=O)C1=CC2(CC[C@H]1S[C@H]1CCc3cc(F)cc(Cl)c31)O[C@@H](CO)[C@H](CO)O2. The molecule has 1 spiro atoms. The van der Waals surface area contributed by atoms with Crippen molar-refractivity contribution in [2.24, 2.45) is 0 Å². The summed E-state index contributed by atoms with van der Waals surface area (Å²) in [4.78, 5) is 12.8. The summed E-state index contributed by atoms with van der Waals surface area (Å²) in [5, 5.41) is 19.4. The zero-order valence-corrected chi connectivity index (χ0v) is 18.8. The molecule has 1 heterocycles. The average molecular weight is 473 g/mol. The summed E-state index contributed by atoms with van der Waals surface area (Å²) in [7, 11) is 0. The largest absolute Gasteiger partial charge is 0.463 e. The fourth-order valence-electron chi connectivity index (χ4n) is 4.59. The van der Waals surface area contributed by atoms with Crippen molar-refractivity contribution in [1.82, 2.24) is 0 Å². The van der Waals surface area contributed by atoms with Gasteiger partial charge in [0.05, 0.1) is 25.4 Å². The summed E-state index contributed by atoms with van der Waals surface area (Å²) in [5.41, 5.74) is 2.29. The van der Waals surface area contributed by atoms with Gasteiger partial charge in [-0.05, 0) is 55.5 Å². The van der Waals surface area contributed by atoms with E-state index in [1.807, 2.05) is 0 Å². The van der Waals surface area contributed by atoms with Crippen LogP contribution < -0.4 is 0 Å². The molecule has 1 saturated heterocycles. The molecule has 31 heavy (non-hydrogen) atoms. The first-order chi connectivity index (χ1) is 14.9. The van der Waals surface area contributed by atoms with Crippen molar-refractivity contribution in [2.75, 3.05) is 19.8 Å². The third-order valence-electron chi connectivity index (χ3n) is 5.97. The lowest BCUT2D eigenvalue weighted by molar-refractivity contribution is -0.154. The number of hydrogen-bond acceptors (Lipinski definition) is 7. The molecule has 2 N–H and O–H groups in total. The standard InChI is InChI=1S/C22H26ClFO6S/c1-2-28-21(27)14-9-22(29-16(10-25)17(11-26)30-22)6-5-18(14)31-19-4-3-12-7-13(24)8-15(23)20(12)19/h7-9,16-19,25-26H,2-6,10-11H2,1H3/t16-,17-,18+,19-/m0/s1. The fraction of sp³-hybridized carbons (Fsp3) is 0.591. The highest BCUT2D eigenvalue weighted by atomic mass is 35.5. The zero-order chi connectivity index (χ0) is 22.2. The highest BCUT2D eigenvalue weighted by Crippen LogP contribution is 2.51. The second kappa shape index (κ2) is 9.37. The molecule has 1 aromatic rings. The van der Waals surface area contributed by atoms with E-state index in [1.165, 1.54) is 12.1 Å². The van der Waals surface area contributed by atoms with Crippen LogP contribution >= 0.6 is 23.4 Å². The average Bonchev–Trinajstić information content (AvgIpc) is 3.30. The first kappa shape index (κ1) is 23.0. The molecule has 4 rings (SSSR count). The molecule has 3 aliphatic rings. The quantitative estimate of drug-likeness (QED) is 0.614. The van der Waals surface area contributed by atoms with Crippen LogP contribution in [0.4, 0.5) is 4.39 Å². The molecule has 0 bridgehead atoms. The highest BCUT2D eigenvalue weighted by Gasteiger charge is 2.50. The Morgan fingerprint density at radius 1 is 1.26 bits per heavy atom. The smallest absolute Gasteiger partial charge is 0.335 e. The van der Waals surface area contributed by atoms with Crippen molar-refractivity contribution in [1.29, 1.82) is 0 Å². The van der Waals surface area contributed by atoms with Gasteiger partial charge in [-0.15, -0.1) is 11.8 Å². The minimum atomic E-state index is -1.17. The van der Waals surface area contributed by atoms with Crippen LogP contribution in [0.1, 0.15) is 42.6 Å². The van der Waals surface area contributed by atoms with E-state index in [4.69, 9.17) is 25.8 Å². The van der Waals surface area contributed by atoms with Gasteiger partial charge in [0, 0.05) is 21.9 Å². The van der Waals surface area contributed by atoms with Crippen molar-refractivity contribution in [3.63, 3.8) is 0 Å². The Labute approximate surface area is 189 Å². The number of benzene rings is 1. The molecule has 0 saturated carbocycles. The lowest BCUT2D eigenvalue weighted by atomic mass is 9.94. The van der Waals surface area contributed by atoms with Crippen molar-refractivity contribution in [2.45, 2.75) is 61.1 Å². The first-order valence-corrected chi connectivity index (χ1v) is 11.8. The topological polar surface area (TPSA) is 85.2 Å². The summed E-state index contributed by atoms with van der Waals surface area (Å²) < 4.78 is 30.9. The Balaban J connectivity index is 1.60. The third kappa shape index (κ3) is 4.51. The Hall–Kier alpha value is -1.16. The van der Waals surface area contributed by atoms with Crippen LogP contribution in [-0.2, 0) is 25.4 Å². The van der Waals surface area contributed by atoms with Gasteiger partial charge in [0.15, 0.2) is 5.79 Å². The van der Waals surface area contributed by atoms with Gasteiger partial charge in [-0.3, -0.25) is 0 Å². The van der Waals surface area contributed by atoms with Gasteiger partial charge in [-0.25, -0.2) is 9.18 Å². The van der Waals surface area contributed by atoms with Crippen LogP contribution in [0, 0.1) is 5.82 Å². The number of thioether (sulfide) groups is 1. The summed E-state index contributed by atoms with van der Waals surface area (Å²) in [6.07, 6.45) is 2.92. The Kier molecular flexibility index (Phi) is 6.96. The molecule has 4 atom stereocenters. The molecule has 0 amide bonds. The van der Waals surface area contributed by atoms with Crippen LogP contribution in [0.3, 0.4) is 0 Å². The Morgan fingerprint density at radius 2 is 1.97 bits per heavy atom. The van der Waals surface area contributed by atoms with E-state index in [1.54, 1.807) is 24.8 Å². The number of aliphatic hydroxyl groups is 2. The van der Waals surface area contributed by atoms with Crippen LogP contribution in [0.5, 0.6) is 0 Å². The van der Waals surface area contributed by atoms with Gasteiger partial charge >= 0.3 is 5.97 Å². The minimum Gasteiger partial charge on any atom is -0.463 e. The van der Waals surface area contributed by atoms with E-state index < -0.39 is 24.0 Å². The lowest BCUT2D eigenvalue weighted by Crippen LogP contribution is -2.37. The number of carbonyl (C=O) groups is 1. The first-order valence-electron chi connectivity index (χ1n) is 10.5. The molecule has 0 aromatic heterocycles. The summed E-state index contributed by atoms with van der Waals surface area (Å²) in [6, 6.07) is 2.87. The molecule has 0 radical (unpaired) electrons. The normalized spacial score (nSPS) is 29.1. The molecule has 9 heteroatoms. The highest BCUT2D eigenvalue weighted by molar-refractivity contribution is 8.00. The van der Waals surface area contributed by atoms with Crippen molar-refractivity contribution in [3.05, 3.63) is 45.7 Å². The van der Waals surface area contributed by atoms with E-state index >= 15 is 0 Å². The third-order valence-corrected chi connectivity index (χ3v) is 7.90. The van der Waals surface area contributed by atoms with Crippen molar-refractivity contribution >= 4 is 29.3 Å². The number of halogens is 2. The van der Waals surface area contributed by atoms with Gasteiger partial charge in [-0.1, -0.05) is 11.6 Å². The van der Waals surface area contributed by atoms with Crippen molar-refractivity contribution < 1.29 is 33.6 Å². The molecule has 1 fully saturated rings. The number of aryl methyl sites for hydroxylation is 1. The van der Waals surface area contributed by atoms with E-state index in [9.17, 15) is 19.4 Å². The number of aliphatic hydroxyl groups excluding tert-OH is 2. The number of rotatable bonds is 6. The number of esters is 1. The predicted molar refractivity (Wildman–Crippen MR) is 114 cm³/mol. The maximum absolute atomic E-state index is 13.7. The molecular formula is C22H26ClFO6S. The Bertz CT molecular complexity index is 866. The van der Waals surface area contributed by atoms with Crippen LogP contribution in [0.2, 0.25) is 5.02 Å². The van der Waals surface area contributed by atoms with Crippen LogP contribution in [-0.4, -0.2) is 59.2 Å². The molecular weight excluding hydrogens is 447 g/mol. The maximum atomic E-state index is 13.7. The van der Waals surface area contributed by atoms with Gasteiger partial charge < -0.3 is 24.4 Å². The molecule has 0 unspecified atom stereocenters. The fourth-order valence-corrected chi connectivity index (χ4v) is 6.65. The van der Waals surface area contributed by atoms with Gasteiger partial charge in [0.25, 0.3) is 0 Å². The number of ether oxygens (including phenoxy) is 3. The lowest BCUT2D eigenvalue weighted by Gasteiger charge is -2.34. The minimum absolute atomic E-state index is 0.0424. The molecule has 1 aliphatic heterocycles. The predicted octanol–water partition coefficient (Wildman–Crippen LogP) is 3.32. The maximum Gasteiger partial charge on any atom is 0.335 e. The number of fused-ring (bicyclic) bond motifs is 1. The molecule has 2 aliphatic carbocycles. The summed E-state index contributed by atoms with van der Waals surface area (Å²) >= 11 is 7.97. The van der Waals surface area contributed by atoms with Crippen LogP contribution in [0.15, 0.2) is 23.8 Å². The molecule has 170 valence electrons. The van der Waals surface area contributed by atoms with E-state index in [-0.39, 0.29) is 36.1 Å². The second-order valence-corrected chi connectivity index (χ2v) is 9.78. The number of carbonyl (C=O) groups excluding carboxylic acids is 1. The summed E-state index contributed by atoms with van der Waals surface area (Å²) in [6.45, 7) is 1.40. The van der Waals surface area contributed by atoms with E-state index in [0.29, 0.717) is 23.4 Å². The van der Waals surface area contributed by atoms with Gasteiger partial charge in [0.1, 0.15) is 18.0 Å².